The van der Waals surface area contributed by atoms with Crippen molar-refractivity contribution in [3.05, 3.63) is 71.3 Å². The van der Waals surface area contributed by atoms with Crippen LogP contribution in [0.5, 0.6) is 0 Å². The fourth-order valence-electron chi connectivity index (χ4n) is 1.94. The molecule has 0 aliphatic heterocycles. The molecule has 2 nitrogen and oxygen atoms in total. The van der Waals surface area contributed by atoms with Crippen LogP contribution in [0.2, 0.25) is 0 Å². The SMILES string of the molecule is CN=C(NC)SC(c1ccc(F)cc1)c1ccc(F)cc1. The molecule has 0 unspecified atom stereocenters. The Balaban J connectivity index is 2.38. The second kappa shape index (κ2) is 7.22. The molecule has 2 aromatic rings. The molecule has 0 spiro atoms. The molecule has 0 aromatic heterocycles. The van der Waals surface area contributed by atoms with Crippen molar-refractivity contribution in [1.29, 1.82) is 0 Å². The Hall–Kier alpha value is -1.88. The van der Waals surface area contributed by atoms with Gasteiger partial charge in [0.2, 0.25) is 0 Å². The number of aliphatic imine (C=N–C) groups is 1. The third kappa shape index (κ3) is 4.04. The van der Waals surface area contributed by atoms with Crippen LogP contribution < -0.4 is 5.32 Å². The largest absolute Gasteiger partial charge is 0.368 e. The third-order valence-corrected chi connectivity index (χ3v) is 4.38. The average molecular weight is 306 g/mol. The van der Waals surface area contributed by atoms with Gasteiger partial charge in [-0.3, -0.25) is 4.99 Å². The van der Waals surface area contributed by atoms with Crippen molar-refractivity contribution >= 4 is 16.9 Å². The Bertz CT molecular complexity index is 564. The number of amidine groups is 1. The predicted octanol–water partition coefficient (Wildman–Crippen LogP) is 3.99. The molecular weight excluding hydrogens is 290 g/mol. The van der Waals surface area contributed by atoms with E-state index in [1.165, 1.54) is 36.0 Å². The molecule has 2 aromatic carbocycles. The Morgan fingerprint density at radius 2 is 1.38 bits per heavy atom. The van der Waals surface area contributed by atoms with Crippen LogP contribution in [0.3, 0.4) is 0 Å². The summed E-state index contributed by atoms with van der Waals surface area (Å²) in [6, 6.07) is 12.6. The lowest BCUT2D eigenvalue weighted by atomic mass is 10.0. The Morgan fingerprint density at radius 1 is 0.952 bits per heavy atom. The van der Waals surface area contributed by atoms with E-state index in [4.69, 9.17) is 0 Å². The summed E-state index contributed by atoms with van der Waals surface area (Å²) >= 11 is 1.50. The smallest absolute Gasteiger partial charge is 0.156 e. The van der Waals surface area contributed by atoms with Crippen LogP contribution in [0.1, 0.15) is 16.4 Å². The quantitative estimate of drug-likeness (QED) is 0.685. The van der Waals surface area contributed by atoms with Gasteiger partial charge in [-0.1, -0.05) is 36.0 Å². The topological polar surface area (TPSA) is 24.4 Å². The van der Waals surface area contributed by atoms with E-state index in [0.717, 1.165) is 16.3 Å². The Labute approximate surface area is 127 Å². The second-order valence-corrected chi connectivity index (χ2v) is 5.47. The monoisotopic (exact) mass is 306 g/mol. The van der Waals surface area contributed by atoms with Crippen LogP contribution in [0.4, 0.5) is 8.78 Å². The summed E-state index contributed by atoms with van der Waals surface area (Å²) in [7, 11) is 3.49. The zero-order chi connectivity index (χ0) is 15.2. The number of nitrogens with zero attached hydrogens (tertiary/aromatic N) is 1. The Morgan fingerprint density at radius 3 is 1.71 bits per heavy atom. The van der Waals surface area contributed by atoms with E-state index in [0.29, 0.717) is 0 Å². The van der Waals surface area contributed by atoms with Gasteiger partial charge in [0.25, 0.3) is 0 Å². The lowest BCUT2D eigenvalue weighted by Gasteiger charge is -2.18. The molecule has 0 saturated heterocycles. The van der Waals surface area contributed by atoms with Crippen molar-refractivity contribution in [3.8, 4) is 0 Å². The maximum Gasteiger partial charge on any atom is 0.156 e. The number of benzene rings is 2. The van der Waals surface area contributed by atoms with Gasteiger partial charge < -0.3 is 5.32 Å². The molecule has 0 amide bonds. The predicted molar refractivity (Wildman–Crippen MR) is 84.7 cm³/mol. The van der Waals surface area contributed by atoms with Gasteiger partial charge in [-0.2, -0.15) is 0 Å². The molecule has 0 fully saturated rings. The van der Waals surface area contributed by atoms with E-state index in [-0.39, 0.29) is 16.9 Å². The van der Waals surface area contributed by atoms with Gasteiger partial charge in [0.1, 0.15) is 11.6 Å². The lowest BCUT2D eigenvalue weighted by Crippen LogP contribution is -2.16. The van der Waals surface area contributed by atoms with E-state index in [1.54, 1.807) is 38.4 Å². The highest BCUT2D eigenvalue weighted by atomic mass is 32.2. The first kappa shape index (κ1) is 15.5. The summed E-state index contributed by atoms with van der Waals surface area (Å²) in [5.41, 5.74) is 1.87. The van der Waals surface area contributed by atoms with Crippen LogP contribution >= 0.6 is 11.8 Å². The zero-order valence-corrected chi connectivity index (χ0v) is 12.6. The molecular formula is C16H16F2N2S. The number of hydrogen-bond acceptors (Lipinski definition) is 2. The van der Waals surface area contributed by atoms with E-state index >= 15 is 0 Å². The third-order valence-electron chi connectivity index (χ3n) is 2.99. The summed E-state index contributed by atoms with van der Waals surface area (Å²) in [5, 5.41) is 3.68. The van der Waals surface area contributed by atoms with Gasteiger partial charge in [-0.25, -0.2) is 8.78 Å². The molecule has 0 heterocycles. The van der Waals surface area contributed by atoms with Crippen molar-refractivity contribution in [1.82, 2.24) is 5.32 Å². The van der Waals surface area contributed by atoms with Crippen LogP contribution in [-0.4, -0.2) is 19.3 Å². The molecule has 0 atom stereocenters. The van der Waals surface area contributed by atoms with Crippen LogP contribution in [-0.2, 0) is 0 Å². The maximum absolute atomic E-state index is 13.1. The molecule has 0 radical (unpaired) electrons. The molecule has 0 saturated carbocycles. The van der Waals surface area contributed by atoms with Gasteiger partial charge in [0.15, 0.2) is 5.17 Å². The number of halogens is 2. The van der Waals surface area contributed by atoms with E-state index in [9.17, 15) is 8.78 Å². The summed E-state index contributed by atoms with van der Waals surface area (Å²) in [4.78, 5) is 4.15. The van der Waals surface area contributed by atoms with Crippen molar-refractivity contribution in [2.45, 2.75) is 5.25 Å². The standard InChI is InChI=1S/C16H16F2N2S/c1-19-16(20-2)21-15(11-3-7-13(17)8-4-11)12-5-9-14(18)10-6-12/h3-10,15H,1-2H3,(H,19,20). The minimum Gasteiger partial charge on any atom is -0.368 e. The van der Waals surface area contributed by atoms with E-state index in [1.807, 2.05) is 0 Å². The van der Waals surface area contributed by atoms with Crippen LogP contribution in [0, 0.1) is 11.6 Å². The summed E-state index contributed by atoms with van der Waals surface area (Å²) < 4.78 is 26.2. The molecule has 0 aliphatic carbocycles. The van der Waals surface area contributed by atoms with E-state index in [2.05, 4.69) is 10.3 Å². The summed E-state index contributed by atoms with van der Waals surface area (Å²) in [5.74, 6) is -0.556. The first-order valence-corrected chi connectivity index (χ1v) is 7.34. The van der Waals surface area contributed by atoms with Gasteiger partial charge in [0.05, 0.1) is 5.25 Å². The number of rotatable bonds is 3. The number of hydrogen-bond donors (Lipinski definition) is 1. The molecule has 5 heteroatoms. The molecule has 1 N–H and O–H groups in total. The van der Waals surface area contributed by atoms with Crippen LogP contribution in [0.15, 0.2) is 53.5 Å². The lowest BCUT2D eigenvalue weighted by molar-refractivity contribution is 0.626. The van der Waals surface area contributed by atoms with Crippen LogP contribution in [0.25, 0.3) is 0 Å². The zero-order valence-electron chi connectivity index (χ0n) is 11.8. The molecule has 2 rings (SSSR count). The van der Waals surface area contributed by atoms with Gasteiger partial charge in [-0.15, -0.1) is 0 Å². The molecule has 0 bridgehead atoms. The molecule has 110 valence electrons. The number of nitrogens with one attached hydrogen (secondary N) is 1. The summed E-state index contributed by atoms with van der Waals surface area (Å²) in [6.45, 7) is 0. The fraction of sp³-hybridized carbons (Fsp3) is 0.188. The minimum atomic E-state index is -0.278. The summed E-state index contributed by atoms with van der Waals surface area (Å²) in [6.07, 6.45) is 0. The Kier molecular flexibility index (Phi) is 5.33. The first-order valence-electron chi connectivity index (χ1n) is 6.46. The average Bonchev–Trinajstić information content (AvgIpc) is 2.51. The van der Waals surface area contributed by atoms with Crippen molar-refractivity contribution in [3.63, 3.8) is 0 Å². The highest BCUT2D eigenvalue weighted by Gasteiger charge is 2.17. The van der Waals surface area contributed by atoms with Crippen molar-refractivity contribution in [2.24, 2.45) is 4.99 Å². The van der Waals surface area contributed by atoms with Crippen molar-refractivity contribution < 1.29 is 8.78 Å². The second-order valence-electron chi connectivity index (χ2n) is 4.38. The van der Waals surface area contributed by atoms with Crippen molar-refractivity contribution in [2.75, 3.05) is 14.1 Å². The van der Waals surface area contributed by atoms with Gasteiger partial charge in [-0.05, 0) is 35.4 Å². The molecule has 0 aliphatic rings. The minimum absolute atomic E-state index is 0.0858. The van der Waals surface area contributed by atoms with E-state index < -0.39 is 0 Å². The normalized spacial score (nSPS) is 11.8. The highest BCUT2D eigenvalue weighted by Crippen LogP contribution is 2.36. The number of thioether (sulfide) groups is 1. The molecule has 21 heavy (non-hydrogen) atoms. The van der Waals surface area contributed by atoms with Gasteiger partial charge in [0, 0.05) is 14.1 Å². The maximum atomic E-state index is 13.1. The fourth-order valence-corrected chi connectivity index (χ4v) is 2.97. The first-order chi connectivity index (χ1) is 10.1. The van der Waals surface area contributed by atoms with Gasteiger partial charge >= 0.3 is 0 Å². The highest BCUT2D eigenvalue weighted by molar-refractivity contribution is 8.14.